The van der Waals surface area contributed by atoms with Crippen LogP contribution in [0, 0.1) is 23.2 Å². The van der Waals surface area contributed by atoms with Crippen molar-refractivity contribution in [3.8, 4) is 0 Å². The molecule has 1 heterocycles. The molecule has 5 rings (SSSR count). The summed E-state index contributed by atoms with van der Waals surface area (Å²) in [5.41, 5.74) is 0.328. The van der Waals surface area contributed by atoms with Crippen molar-refractivity contribution >= 4 is 11.8 Å². The molecule has 5 nitrogen and oxygen atoms in total. The Morgan fingerprint density at radius 3 is 2.36 bits per heavy atom. The number of rotatable bonds is 3. The summed E-state index contributed by atoms with van der Waals surface area (Å²) in [6.45, 7) is 2.18. The Kier molecular flexibility index (Phi) is 3.31. The topological polar surface area (TPSA) is 66.9 Å². The molecule has 0 saturated heterocycles. The van der Waals surface area contributed by atoms with E-state index >= 15 is 0 Å². The van der Waals surface area contributed by atoms with Crippen molar-refractivity contribution in [2.45, 2.75) is 51.5 Å². The molecule has 22 heavy (non-hydrogen) atoms. The standard InChI is InChI=1S/C17H24N4O/c1-11(20-16(22)21-15-10-18-2-3-19-15)17-7-12-4-13(8-17)6-14(5-12)9-17/h2-3,10-14H,4-9H2,1H3,(H2,19,20,21,22). The molecule has 4 aliphatic rings. The summed E-state index contributed by atoms with van der Waals surface area (Å²) in [5.74, 6) is 3.20. The van der Waals surface area contributed by atoms with Gasteiger partial charge in [0.25, 0.3) is 0 Å². The summed E-state index contributed by atoms with van der Waals surface area (Å²) in [7, 11) is 0. The lowest BCUT2D eigenvalue weighted by Crippen LogP contribution is -2.56. The number of hydrogen-bond donors (Lipinski definition) is 2. The summed E-state index contributed by atoms with van der Waals surface area (Å²) in [4.78, 5) is 20.3. The van der Waals surface area contributed by atoms with Gasteiger partial charge in [-0.1, -0.05) is 0 Å². The second-order valence-corrected chi connectivity index (χ2v) is 7.69. The van der Waals surface area contributed by atoms with Crippen molar-refractivity contribution in [2.24, 2.45) is 23.2 Å². The quantitative estimate of drug-likeness (QED) is 0.900. The van der Waals surface area contributed by atoms with Crippen molar-refractivity contribution in [1.82, 2.24) is 15.3 Å². The maximum Gasteiger partial charge on any atom is 0.320 e. The number of aromatic nitrogens is 2. The van der Waals surface area contributed by atoms with Gasteiger partial charge in [0.05, 0.1) is 6.20 Å². The smallest absolute Gasteiger partial charge is 0.320 e. The van der Waals surface area contributed by atoms with Gasteiger partial charge in [0.15, 0.2) is 5.82 Å². The molecule has 2 N–H and O–H groups in total. The molecular formula is C17H24N4O. The molecule has 4 bridgehead atoms. The van der Waals surface area contributed by atoms with E-state index in [2.05, 4.69) is 27.5 Å². The molecule has 4 aliphatic carbocycles. The second-order valence-electron chi connectivity index (χ2n) is 7.69. The maximum atomic E-state index is 12.2. The van der Waals surface area contributed by atoms with Crippen LogP contribution >= 0.6 is 0 Å². The molecule has 1 aromatic heterocycles. The Labute approximate surface area is 131 Å². The third-order valence-electron chi connectivity index (χ3n) is 6.16. The van der Waals surface area contributed by atoms with Crippen molar-refractivity contribution in [1.29, 1.82) is 0 Å². The van der Waals surface area contributed by atoms with Gasteiger partial charge in [-0.05, 0) is 68.6 Å². The van der Waals surface area contributed by atoms with E-state index in [1.807, 2.05) is 0 Å². The molecule has 0 aromatic carbocycles. The summed E-state index contributed by atoms with van der Waals surface area (Å²) in [6.07, 6.45) is 12.9. The zero-order valence-electron chi connectivity index (χ0n) is 13.1. The number of hydrogen-bond acceptors (Lipinski definition) is 3. The van der Waals surface area contributed by atoms with Crippen LogP contribution in [0.1, 0.15) is 45.4 Å². The predicted molar refractivity (Wildman–Crippen MR) is 84.3 cm³/mol. The Bertz CT molecular complexity index is 524. The van der Waals surface area contributed by atoms with E-state index in [0.29, 0.717) is 11.2 Å². The van der Waals surface area contributed by atoms with Crippen LogP contribution in [0.3, 0.4) is 0 Å². The average molecular weight is 300 g/mol. The van der Waals surface area contributed by atoms with Crippen LogP contribution < -0.4 is 10.6 Å². The molecule has 0 radical (unpaired) electrons. The van der Waals surface area contributed by atoms with Gasteiger partial charge >= 0.3 is 6.03 Å². The Morgan fingerprint density at radius 1 is 1.18 bits per heavy atom. The number of amides is 2. The van der Waals surface area contributed by atoms with Gasteiger partial charge in [0, 0.05) is 18.4 Å². The summed E-state index contributed by atoms with van der Waals surface area (Å²) >= 11 is 0. The van der Waals surface area contributed by atoms with Crippen LogP contribution in [0.2, 0.25) is 0 Å². The Hall–Kier alpha value is -1.65. The van der Waals surface area contributed by atoms with Crippen molar-refractivity contribution in [2.75, 3.05) is 5.32 Å². The van der Waals surface area contributed by atoms with Gasteiger partial charge < -0.3 is 5.32 Å². The predicted octanol–water partition coefficient (Wildman–Crippen LogP) is 3.20. The molecule has 1 unspecified atom stereocenters. The highest BCUT2D eigenvalue weighted by Gasteiger charge is 2.53. The highest BCUT2D eigenvalue weighted by atomic mass is 16.2. The number of nitrogens with one attached hydrogen (secondary N) is 2. The van der Waals surface area contributed by atoms with Crippen LogP contribution in [0.5, 0.6) is 0 Å². The number of carbonyl (C=O) groups excluding carboxylic acids is 1. The van der Waals surface area contributed by atoms with E-state index in [0.717, 1.165) is 17.8 Å². The largest absolute Gasteiger partial charge is 0.335 e. The highest BCUT2D eigenvalue weighted by molar-refractivity contribution is 5.88. The fraction of sp³-hybridized carbons (Fsp3) is 0.706. The van der Waals surface area contributed by atoms with E-state index < -0.39 is 0 Å². The number of carbonyl (C=O) groups is 1. The van der Waals surface area contributed by atoms with Crippen LogP contribution in [-0.4, -0.2) is 22.0 Å². The van der Waals surface area contributed by atoms with Gasteiger partial charge in [0.1, 0.15) is 0 Å². The van der Waals surface area contributed by atoms with E-state index in [1.165, 1.54) is 38.5 Å². The first-order chi connectivity index (χ1) is 10.6. The zero-order valence-corrected chi connectivity index (χ0v) is 13.1. The molecule has 118 valence electrons. The lowest BCUT2D eigenvalue weighted by molar-refractivity contribution is -0.0680. The SMILES string of the molecule is CC(NC(=O)Nc1cnccn1)C12CC3CC(CC(C3)C1)C2. The van der Waals surface area contributed by atoms with Crippen molar-refractivity contribution in [3.63, 3.8) is 0 Å². The summed E-state index contributed by atoms with van der Waals surface area (Å²) in [6, 6.07) is 0.0568. The molecule has 1 aromatic rings. The third-order valence-corrected chi connectivity index (χ3v) is 6.16. The van der Waals surface area contributed by atoms with Crippen LogP contribution in [-0.2, 0) is 0 Å². The van der Waals surface area contributed by atoms with Gasteiger partial charge in [-0.15, -0.1) is 0 Å². The number of urea groups is 1. The zero-order chi connectivity index (χ0) is 15.2. The van der Waals surface area contributed by atoms with Crippen molar-refractivity contribution < 1.29 is 4.79 Å². The van der Waals surface area contributed by atoms with Crippen LogP contribution in [0.25, 0.3) is 0 Å². The van der Waals surface area contributed by atoms with Gasteiger partial charge in [0.2, 0.25) is 0 Å². The minimum atomic E-state index is -0.163. The number of anilines is 1. The molecule has 0 aliphatic heterocycles. The van der Waals surface area contributed by atoms with Crippen LogP contribution in [0.15, 0.2) is 18.6 Å². The summed E-state index contributed by atoms with van der Waals surface area (Å²) in [5, 5.41) is 5.95. The lowest BCUT2D eigenvalue weighted by Gasteiger charge is -2.59. The lowest BCUT2D eigenvalue weighted by atomic mass is 9.48. The molecular weight excluding hydrogens is 276 g/mol. The van der Waals surface area contributed by atoms with E-state index in [4.69, 9.17) is 0 Å². The first-order valence-electron chi connectivity index (χ1n) is 8.46. The minimum absolute atomic E-state index is 0.163. The third kappa shape index (κ3) is 2.46. The first kappa shape index (κ1) is 14.0. The molecule has 1 atom stereocenters. The fourth-order valence-corrected chi connectivity index (χ4v) is 5.57. The van der Waals surface area contributed by atoms with E-state index in [9.17, 15) is 4.79 Å². The van der Waals surface area contributed by atoms with Gasteiger partial charge in [-0.25, -0.2) is 9.78 Å². The monoisotopic (exact) mass is 300 g/mol. The van der Waals surface area contributed by atoms with Gasteiger partial charge in [-0.3, -0.25) is 10.3 Å². The average Bonchev–Trinajstić information content (AvgIpc) is 2.46. The molecule has 5 heteroatoms. The Morgan fingerprint density at radius 2 is 1.82 bits per heavy atom. The molecule has 4 saturated carbocycles. The second kappa shape index (κ2) is 5.21. The van der Waals surface area contributed by atoms with Crippen molar-refractivity contribution in [3.05, 3.63) is 18.6 Å². The summed E-state index contributed by atoms with van der Waals surface area (Å²) < 4.78 is 0. The van der Waals surface area contributed by atoms with E-state index in [-0.39, 0.29) is 12.1 Å². The molecule has 2 amide bonds. The fourth-order valence-electron chi connectivity index (χ4n) is 5.57. The minimum Gasteiger partial charge on any atom is -0.335 e. The normalized spacial score (nSPS) is 36.9. The number of nitrogens with zero attached hydrogens (tertiary/aromatic N) is 2. The first-order valence-corrected chi connectivity index (χ1v) is 8.46. The van der Waals surface area contributed by atoms with Gasteiger partial charge in [-0.2, -0.15) is 0 Å². The Balaban J connectivity index is 1.41. The molecule has 0 spiro atoms. The van der Waals surface area contributed by atoms with E-state index in [1.54, 1.807) is 18.6 Å². The maximum absolute atomic E-state index is 12.2. The molecule has 4 fully saturated rings. The van der Waals surface area contributed by atoms with Crippen LogP contribution in [0.4, 0.5) is 10.6 Å². The highest BCUT2D eigenvalue weighted by Crippen LogP contribution is 2.61.